The number of anilines is 2. The van der Waals surface area contributed by atoms with Gasteiger partial charge in [0.15, 0.2) is 0 Å². The van der Waals surface area contributed by atoms with Crippen LogP contribution in [0, 0.1) is 0 Å². The summed E-state index contributed by atoms with van der Waals surface area (Å²) in [6.07, 6.45) is 5.11. The van der Waals surface area contributed by atoms with Crippen LogP contribution in [0.2, 0.25) is 0 Å². The molecule has 1 saturated heterocycles. The highest BCUT2D eigenvalue weighted by molar-refractivity contribution is 5.98. The zero-order chi connectivity index (χ0) is 13.1. The molecule has 2 aromatic rings. The second-order valence-corrected chi connectivity index (χ2v) is 4.56. The smallest absolute Gasteiger partial charge is 0.227 e. The van der Waals surface area contributed by atoms with Crippen molar-refractivity contribution in [3.63, 3.8) is 0 Å². The number of aromatic nitrogens is 2. The third kappa shape index (κ3) is 2.45. The first-order valence-corrected chi connectivity index (χ1v) is 6.46. The summed E-state index contributed by atoms with van der Waals surface area (Å²) in [4.78, 5) is 20.9. The molecule has 0 saturated carbocycles. The van der Waals surface area contributed by atoms with Crippen LogP contribution in [0.1, 0.15) is 18.7 Å². The Balaban J connectivity index is 1.79. The molecule has 1 fully saturated rings. The number of benzene rings is 1. The number of hydrogen-bond donors (Lipinski definition) is 2. The number of hydrogen-bond acceptors (Lipinski definition) is 3. The number of imidazole rings is 1. The van der Waals surface area contributed by atoms with Crippen molar-refractivity contribution in [3.8, 4) is 0 Å². The van der Waals surface area contributed by atoms with Crippen molar-refractivity contribution in [3.05, 3.63) is 42.5 Å². The van der Waals surface area contributed by atoms with Crippen molar-refractivity contribution in [2.75, 3.05) is 16.8 Å². The van der Waals surface area contributed by atoms with Crippen LogP contribution in [-0.2, 0) is 11.3 Å². The van der Waals surface area contributed by atoms with E-state index in [0.29, 0.717) is 13.0 Å². The molecular formula is C14H16N4O. The molecule has 1 aromatic heterocycles. The number of carbonyl (C=O) groups excluding carboxylic acids is 1. The maximum Gasteiger partial charge on any atom is 0.227 e. The lowest BCUT2D eigenvalue weighted by Gasteiger charge is -2.20. The summed E-state index contributed by atoms with van der Waals surface area (Å²) >= 11 is 0. The Morgan fingerprint density at radius 3 is 3.00 bits per heavy atom. The summed E-state index contributed by atoms with van der Waals surface area (Å²) < 4.78 is 0. The van der Waals surface area contributed by atoms with Crippen LogP contribution >= 0.6 is 0 Å². The largest absolute Gasteiger partial charge is 0.376 e. The molecule has 0 unspecified atom stereocenters. The summed E-state index contributed by atoms with van der Waals surface area (Å²) in [6, 6.07) is 7.89. The monoisotopic (exact) mass is 256 g/mol. The van der Waals surface area contributed by atoms with Crippen LogP contribution in [0.3, 0.4) is 0 Å². The van der Waals surface area contributed by atoms with Crippen molar-refractivity contribution in [1.82, 2.24) is 9.97 Å². The summed E-state index contributed by atoms with van der Waals surface area (Å²) in [5, 5.41) is 3.33. The molecule has 19 heavy (non-hydrogen) atoms. The zero-order valence-corrected chi connectivity index (χ0v) is 10.6. The van der Waals surface area contributed by atoms with Gasteiger partial charge in [0.25, 0.3) is 0 Å². The minimum absolute atomic E-state index is 0.201. The molecule has 2 heterocycles. The average molecular weight is 256 g/mol. The minimum Gasteiger partial charge on any atom is -0.376 e. The van der Waals surface area contributed by atoms with Crippen molar-refractivity contribution in [2.45, 2.75) is 19.4 Å². The Morgan fingerprint density at radius 2 is 2.26 bits per heavy atom. The maximum absolute atomic E-state index is 11.8. The third-order valence-corrected chi connectivity index (χ3v) is 3.27. The second-order valence-electron chi connectivity index (χ2n) is 4.56. The quantitative estimate of drug-likeness (QED) is 0.881. The Hall–Kier alpha value is -2.30. The van der Waals surface area contributed by atoms with Gasteiger partial charge < -0.3 is 15.2 Å². The van der Waals surface area contributed by atoms with Gasteiger partial charge in [-0.3, -0.25) is 4.79 Å². The molecular weight excluding hydrogens is 240 g/mol. The van der Waals surface area contributed by atoms with E-state index < -0.39 is 0 Å². The normalized spacial score (nSPS) is 14.9. The number of nitrogens with one attached hydrogen (secondary N) is 2. The lowest BCUT2D eigenvalue weighted by molar-refractivity contribution is -0.117. The van der Waals surface area contributed by atoms with Crippen LogP contribution in [0.25, 0.3) is 0 Å². The summed E-state index contributed by atoms with van der Waals surface area (Å²) in [6.45, 7) is 1.42. The van der Waals surface area contributed by atoms with Gasteiger partial charge in [0, 0.05) is 25.4 Å². The molecule has 0 atom stereocenters. The molecule has 1 aromatic carbocycles. The molecule has 1 aliphatic heterocycles. The van der Waals surface area contributed by atoms with Crippen LogP contribution in [-0.4, -0.2) is 22.4 Å². The van der Waals surface area contributed by atoms with E-state index in [2.05, 4.69) is 15.3 Å². The lowest BCUT2D eigenvalue weighted by Crippen LogP contribution is -2.24. The molecule has 3 rings (SSSR count). The number of aromatic amines is 1. The van der Waals surface area contributed by atoms with Gasteiger partial charge in [0.05, 0.1) is 17.9 Å². The molecule has 1 amide bonds. The molecule has 5 heteroatoms. The van der Waals surface area contributed by atoms with Crippen molar-refractivity contribution >= 4 is 17.3 Å². The van der Waals surface area contributed by atoms with E-state index >= 15 is 0 Å². The highest BCUT2D eigenvalue weighted by atomic mass is 16.2. The fraction of sp³-hybridized carbons (Fsp3) is 0.286. The summed E-state index contributed by atoms with van der Waals surface area (Å²) in [7, 11) is 0. The number of amides is 1. The zero-order valence-electron chi connectivity index (χ0n) is 10.6. The van der Waals surface area contributed by atoms with Gasteiger partial charge >= 0.3 is 0 Å². The number of H-pyrrole nitrogens is 1. The molecule has 98 valence electrons. The van der Waals surface area contributed by atoms with Gasteiger partial charge in [-0.25, -0.2) is 4.98 Å². The van der Waals surface area contributed by atoms with Gasteiger partial charge in [-0.1, -0.05) is 12.1 Å². The Bertz CT molecular complexity index is 565. The van der Waals surface area contributed by atoms with E-state index in [1.807, 2.05) is 29.2 Å². The topological polar surface area (TPSA) is 61.0 Å². The number of rotatable bonds is 4. The standard InChI is InChI=1S/C14H16N4O/c19-14-6-3-9-18(14)12-5-2-1-4-11(12)17-10-13-15-7-8-16-13/h1-2,4-5,7-8,17H,3,6,9-10H2,(H,15,16). The van der Waals surface area contributed by atoms with E-state index in [1.54, 1.807) is 12.4 Å². The summed E-state index contributed by atoms with van der Waals surface area (Å²) in [5.74, 6) is 1.08. The fourth-order valence-electron chi connectivity index (χ4n) is 2.33. The highest BCUT2D eigenvalue weighted by Crippen LogP contribution is 2.29. The van der Waals surface area contributed by atoms with Crippen LogP contribution < -0.4 is 10.2 Å². The predicted octanol–water partition coefficient (Wildman–Crippen LogP) is 2.15. The highest BCUT2D eigenvalue weighted by Gasteiger charge is 2.23. The van der Waals surface area contributed by atoms with E-state index in [9.17, 15) is 4.79 Å². The van der Waals surface area contributed by atoms with E-state index in [-0.39, 0.29) is 5.91 Å². The Labute approximate surface area is 111 Å². The molecule has 1 aliphatic rings. The SMILES string of the molecule is O=C1CCCN1c1ccccc1NCc1ncc[nH]1. The van der Waals surface area contributed by atoms with Crippen LogP contribution in [0.4, 0.5) is 11.4 Å². The van der Waals surface area contributed by atoms with Gasteiger partial charge in [-0.2, -0.15) is 0 Å². The molecule has 0 radical (unpaired) electrons. The number of para-hydroxylation sites is 2. The summed E-state index contributed by atoms with van der Waals surface area (Å²) in [5.41, 5.74) is 1.92. The first-order chi connectivity index (χ1) is 9.34. The Morgan fingerprint density at radius 1 is 1.37 bits per heavy atom. The first kappa shape index (κ1) is 11.8. The first-order valence-electron chi connectivity index (χ1n) is 6.46. The second kappa shape index (κ2) is 5.14. The van der Waals surface area contributed by atoms with Crippen LogP contribution in [0.15, 0.2) is 36.7 Å². The molecule has 2 N–H and O–H groups in total. The van der Waals surface area contributed by atoms with Gasteiger partial charge in [0.2, 0.25) is 5.91 Å². The molecule has 0 aliphatic carbocycles. The number of nitrogens with zero attached hydrogens (tertiary/aromatic N) is 2. The molecule has 0 spiro atoms. The van der Waals surface area contributed by atoms with Gasteiger partial charge in [-0.05, 0) is 18.6 Å². The Kier molecular flexibility index (Phi) is 3.18. The number of carbonyl (C=O) groups is 1. The van der Waals surface area contributed by atoms with Crippen molar-refractivity contribution in [1.29, 1.82) is 0 Å². The molecule has 5 nitrogen and oxygen atoms in total. The third-order valence-electron chi connectivity index (χ3n) is 3.27. The minimum atomic E-state index is 0.201. The van der Waals surface area contributed by atoms with Crippen molar-refractivity contribution in [2.24, 2.45) is 0 Å². The maximum atomic E-state index is 11.8. The van der Waals surface area contributed by atoms with E-state index in [1.165, 1.54) is 0 Å². The average Bonchev–Trinajstić information content (AvgIpc) is 3.08. The van der Waals surface area contributed by atoms with Gasteiger partial charge in [0.1, 0.15) is 5.82 Å². The van der Waals surface area contributed by atoms with E-state index in [4.69, 9.17) is 0 Å². The van der Waals surface area contributed by atoms with Crippen molar-refractivity contribution < 1.29 is 4.79 Å². The predicted molar refractivity (Wildman–Crippen MR) is 73.9 cm³/mol. The van der Waals surface area contributed by atoms with Crippen LogP contribution in [0.5, 0.6) is 0 Å². The fourth-order valence-corrected chi connectivity index (χ4v) is 2.33. The van der Waals surface area contributed by atoms with Gasteiger partial charge in [-0.15, -0.1) is 0 Å². The molecule has 0 bridgehead atoms. The van der Waals surface area contributed by atoms with E-state index in [0.717, 1.165) is 30.2 Å². The lowest BCUT2D eigenvalue weighted by atomic mass is 10.2.